The topological polar surface area (TPSA) is 26.3 Å². The predicted octanol–water partition coefficient (Wildman–Crippen LogP) is 2.12. The first-order valence-corrected chi connectivity index (χ1v) is 5.02. The van der Waals surface area contributed by atoms with E-state index in [1.807, 2.05) is 12.1 Å². The number of benzene rings is 1. The predicted molar refractivity (Wildman–Crippen MR) is 59.7 cm³/mol. The van der Waals surface area contributed by atoms with Gasteiger partial charge in [-0.1, -0.05) is 22.0 Å². The second kappa shape index (κ2) is 5.31. The molecule has 2 nitrogen and oxygen atoms in total. The van der Waals surface area contributed by atoms with Gasteiger partial charge in [0.05, 0.1) is 5.92 Å². The SMILES string of the molecule is O=C(Oc1cccc(Br)c1)C1CC1.[NaH]. The van der Waals surface area contributed by atoms with Crippen LogP contribution in [0.5, 0.6) is 5.75 Å². The molecule has 0 N–H and O–H groups in total. The molecule has 0 unspecified atom stereocenters. The summed E-state index contributed by atoms with van der Waals surface area (Å²) in [5.41, 5.74) is 0. The second-order valence-electron chi connectivity index (χ2n) is 3.15. The zero-order valence-corrected chi connectivity index (χ0v) is 8.58. The first-order valence-electron chi connectivity index (χ1n) is 4.23. The normalized spacial score (nSPS) is 14.4. The third-order valence-electron chi connectivity index (χ3n) is 1.93. The summed E-state index contributed by atoms with van der Waals surface area (Å²) >= 11 is 3.31. The van der Waals surface area contributed by atoms with Crippen LogP contribution in [0.2, 0.25) is 0 Å². The molecule has 0 spiro atoms. The monoisotopic (exact) mass is 264 g/mol. The average Bonchev–Trinajstić information content (AvgIpc) is 2.85. The minimum atomic E-state index is -0.0990. The van der Waals surface area contributed by atoms with Crippen LogP contribution in [0.3, 0.4) is 0 Å². The first kappa shape index (κ1) is 12.2. The molecule has 70 valence electrons. The fourth-order valence-corrected chi connectivity index (χ4v) is 1.43. The van der Waals surface area contributed by atoms with Crippen LogP contribution >= 0.6 is 15.9 Å². The molecule has 1 saturated carbocycles. The number of carbonyl (C=O) groups is 1. The number of hydrogen-bond acceptors (Lipinski definition) is 2. The van der Waals surface area contributed by atoms with E-state index in [0.29, 0.717) is 5.75 Å². The van der Waals surface area contributed by atoms with Crippen molar-refractivity contribution in [3.8, 4) is 5.75 Å². The van der Waals surface area contributed by atoms with Crippen LogP contribution in [0.15, 0.2) is 28.7 Å². The first-order chi connectivity index (χ1) is 6.25. The van der Waals surface area contributed by atoms with Gasteiger partial charge in [0.25, 0.3) is 0 Å². The van der Waals surface area contributed by atoms with Crippen molar-refractivity contribution in [3.05, 3.63) is 28.7 Å². The van der Waals surface area contributed by atoms with Crippen LogP contribution in [0.4, 0.5) is 0 Å². The second-order valence-corrected chi connectivity index (χ2v) is 4.07. The summed E-state index contributed by atoms with van der Waals surface area (Å²) in [4.78, 5) is 11.2. The Balaban J connectivity index is 0.000000980. The van der Waals surface area contributed by atoms with Crippen molar-refractivity contribution in [2.75, 3.05) is 0 Å². The van der Waals surface area contributed by atoms with E-state index in [1.54, 1.807) is 12.1 Å². The minimum absolute atomic E-state index is 0. The van der Waals surface area contributed by atoms with E-state index < -0.39 is 0 Å². The van der Waals surface area contributed by atoms with E-state index in [4.69, 9.17) is 4.74 Å². The molecule has 0 heterocycles. The van der Waals surface area contributed by atoms with Crippen molar-refractivity contribution in [1.29, 1.82) is 0 Å². The van der Waals surface area contributed by atoms with Gasteiger partial charge in [-0.2, -0.15) is 0 Å². The van der Waals surface area contributed by atoms with Crippen molar-refractivity contribution in [1.82, 2.24) is 0 Å². The third-order valence-corrected chi connectivity index (χ3v) is 2.42. The molecular formula is C10H10BrNaO2. The van der Waals surface area contributed by atoms with Crippen LogP contribution in [0, 0.1) is 5.92 Å². The molecule has 1 aliphatic rings. The van der Waals surface area contributed by atoms with Gasteiger partial charge in [0, 0.05) is 4.47 Å². The molecule has 4 heteroatoms. The van der Waals surface area contributed by atoms with Gasteiger partial charge in [-0.25, -0.2) is 0 Å². The Bertz CT molecular complexity index is 337. The summed E-state index contributed by atoms with van der Waals surface area (Å²) in [5.74, 6) is 0.670. The molecule has 0 amide bonds. The van der Waals surface area contributed by atoms with Gasteiger partial charge in [-0.15, -0.1) is 0 Å². The summed E-state index contributed by atoms with van der Waals surface area (Å²) < 4.78 is 6.07. The number of esters is 1. The zero-order chi connectivity index (χ0) is 9.26. The van der Waals surface area contributed by atoms with Gasteiger partial charge in [-0.05, 0) is 31.0 Å². The number of rotatable bonds is 2. The van der Waals surface area contributed by atoms with E-state index >= 15 is 0 Å². The zero-order valence-electron chi connectivity index (χ0n) is 7.00. The Kier molecular flexibility index (Phi) is 4.64. The van der Waals surface area contributed by atoms with Crippen LogP contribution in [0.25, 0.3) is 0 Å². The van der Waals surface area contributed by atoms with Crippen LogP contribution in [-0.4, -0.2) is 35.5 Å². The molecular weight excluding hydrogens is 255 g/mol. The Labute approximate surface area is 113 Å². The number of halogens is 1. The maximum atomic E-state index is 11.2. The maximum absolute atomic E-state index is 11.2. The molecule has 0 aliphatic heterocycles. The van der Waals surface area contributed by atoms with Gasteiger partial charge in [0.1, 0.15) is 5.75 Å². The van der Waals surface area contributed by atoms with E-state index in [1.165, 1.54) is 0 Å². The van der Waals surface area contributed by atoms with E-state index in [0.717, 1.165) is 17.3 Å². The van der Waals surface area contributed by atoms with Crippen LogP contribution in [-0.2, 0) is 4.79 Å². The summed E-state index contributed by atoms with van der Waals surface area (Å²) in [5, 5.41) is 0. The summed E-state index contributed by atoms with van der Waals surface area (Å²) in [6.07, 6.45) is 1.96. The van der Waals surface area contributed by atoms with Gasteiger partial charge < -0.3 is 4.74 Å². The Morgan fingerprint density at radius 2 is 2.14 bits per heavy atom. The van der Waals surface area contributed by atoms with E-state index in [9.17, 15) is 4.79 Å². The molecule has 0 radical (unpaired) electrons. The summed E-state index contributed by atoms with van der Waals surface area (Å²) in [6, 6.07) is 7.32. The molecule has 0 saturated heterocycles. The van der Waals surface area contributed by atoms with Gasteiger partial charge >= 0.3 is 35.5 Å². The molecule has 1 aromatic rings. The molecule has 0 bridgehead atoms. The number of hydrogen-bond donors (Lipinski definition) is 0. The van der Waals surface area contributed by atoms with Crippen LogP contribution < -0.4 is 4.74 Å². The Hall–Kier alpha value is 0.170. The van der Waals surface area contributed by atoms with Gasteiger partial charge in [-0.3, -0.25) is 4.79 Å². The molecule has 1 aliphatic carbocycles. The summed E-state index contributed by atoms with van der Waals surface area (Å²) in [7, 11) is 0. The van der Waals surface area contributed by atoms with Crippen molar-refractivity contribution in [2.24, 2.45) is 5.92 Å². The van der Waals surface area contributed by atoms with Crippen molar-refractivity contribution in [3.63, 3.8) is 0 Å². The Morgan fingerprint density at radius 3 is 2.71 bits per heavy atom. The van der Waals surface area contributed by atoms with Crippen molar-refractivity contribution >= 4 is 51.5 Å². The molecule has 0 atom stereocenters. The Morgan fingerprint density at radius 1 is 1.43 bits per heavy atom. The summed E-state index contributed by atoms with van der Waals surface area (Å²) in [6.45, 7) is 0. The van der Waals surface area contributed by atoms with Crippen molar-refractivity contribution < 1.29 is 9.53 Å². The fraction of sp³-hybridized carbons (Fsp3) is 0.300. The van der Waals surface area contributed by atoms with Crippen molar-refractivity contribution in [2.45, 2.75) is 12.8 Å². The number of ether oxygens (including phenoxy) is 1. The fourth-order valence-electron chi connectivity index (χ4n) is 1.05. The molecule has 14 heavy (non-hydrogen) atoms. The number of carbonyl (C=O) groups excluding carboxylic acids is 1. The standard InChI is InChI=1S/C10H9BrO2.Na.H/c11-8-2-1-3-9(6-8)13-10(12)7-4-5-7;;/h1-3,6-7H,4-5H2;;. The molecule has 1 aromatic carbocycles. The quantitative estimate of drug-likeness (QED) is 0.465. The third kappa shape index (κ3) is 3.39. The van der Waals surface area contributed by atoms with Gasteiger partial charge in [0.15, 0.2) is 0 Å². The molecule has 2 rings (SSSR count). The van der Waals surface area contributed by atoms with E-state index in [-0.39, 0.29) is 41.4 Å². The van der Waals surface area contributed by atoms with Gasteiger partial charge in [0.2, 0.25) is 0 Å². The van der Waals surface area contributed by atoms with Crippen LogP contribution in [0.1, 0.15) is 12.8 Å². The average molecular weight is 265 g/mol. The molecule has 0 aromatic heterocycles. The molecule has 1 fully saturated rings. The van der Waals surface area contributed by atoms with E-state index in [2.05, 4.69) is 15.9 Å².